The SMILES string of the molecule is N/C(=N\OC(=O)COc1ccc(CO)cc1)C1CCCCN1S(=O)(=O)c1nc2ccccc2[nH]1.O=S(=O)(c1nc2ccccc2[nH]1)N1CCCCC1c1noc(COc2ccc(CO)cc2)n1. The number of benzene rings is 4. The van der Waals surface area contributed by atoms with Gasteiger partial charge in [0.1, 0.15) is 11.5 Å². The minimum atomic E-state index is -3.99. The zero-order valence-electron chi connectivity index (χ0n) is 36.0. The maximum atomic E-state index is 13.4. The molecule has 0 aliphatic carbocycles. The summed E-state index contributed by atoms with van der Waals surface area (Å²) in [5, 5.41) is 25.6. The van der Waals surface area contributed by atoms with Crippen LogP contribution >= 0.6 is 0 Å². The number of aromatic amines is 2. The van der Waals surface area contributed by atoms with Crippen molar-refractivity contribution < 1.29 is 50.7 Å². The number of imidazole rings is 2. The Morgan fingerprint density at radius 2 is 1.25 bits per heavy atom. The minimum absolute atomic E-state index is 0.0396. The maximum Gasteiger partial charge on any atom is 0.372 e. The van der Waals surface area contributed by atoms with E-state index in [0.717, 1.165) is 24.8 Å². The van der Waals surface area contributed by atoms with Crippen molar-refractivity contribution in [3.05, 3.63) is 120 Å². The van der Waals surface area contributed by atoms with Gasteiger partial charge in [-0.25, -0.2) is 31.6 Å². The second-order valence-corrected chi connectivity index (χ2v) is 19.2. The van der Waals surface area contributed by atoms with Gasteiger partial charge in [0.05, 0.1) is 47.4 Å². The van der Waals surface area contributed by atoms with E-state index in [1.165, 1.54) is 8.61 Å². The number of nitrogens with one attached hydrogen (secondary N) is 2. The van der Waals surface area contributed by atoms with E-state index >= 15 is 0 Å². The van der Waals surface area contributed by atoms with Crippen molar-refractivity contribution in [1.82, 2.24) is 38.7 Å². The van der Waals surface area contributed by atoms with Crippen molar-refractivity contribution in [2.75, 3.05) is 19.7 Å². The molecule has 2 aliphatic rings. The van der Waals surface area contributed by atoms with Crippen molar-refractivity contribution in [2.24, 2.45) is 10.9 Å². The third-order valence-electron chi connectivity index (χ3n) is 11.1. The standard InChI is InChI=1S/C22H25N5O6S.C22H23N5O5S/c23-21(26-33-20(29)14-32-16-10-8-15(13-28)9-11-16)19-7-3-4-12-27(19)34(30,31)22-24-17-5-1-2-6-18(17)25-22;28-13-15-8-10-16(11-9-15)31-14-20-25-21(26-32-20)19-7-3-4-12-27(19)33(29,30)22-23-17-5-1-2-6-18(17)24-22/h1-2,5-6,8-11,19,28H,3-4,7,12-14H2,(H2,23,26)(H,24,25);1-2,5-6,8-11,19,28H,3-4,7,12-14H2,(H,23,24). The molecule has 67 heavy (non-hydrogen) atoms. The number of piperidine rings is 2. The first-order chi connectivity index (χ1) is 32.4. The van der Waals surface area contributed by atoms with Gasteiger partial charge >= 0.3 is 5.97 Å². The lowest BCUT2D eigenvalue weighted by atomic mass is 10.0. The number of aliphatic hydroxyl groups excluding tert-OH is 2. The van der Waals surface area contributed by atoms with Gasteiger partial charge in [-0.05, 0) is 85.3 Å². The average Bonchev–Trinajstić information content (AvgIpc) is 4.15. The van der Waals surface area contributed by atoms with Crippen molar-refractivity contribution >= 4 is 53.9 Å². The Kier molecular flexibility index (Phi) is 14.5. The fraction of sp³-hybridized carbons (Fsp3) is 0.318. The summed E-state index contributed by atoms with van der Waals surface area (Å²) in [6.45, 7) is 0.0842. The molecule has 6 N–H and O–H groups in total. The Morgan fingerprint density at radius 3 is 1.84 bits per heavy atom. The van der Waals surface area contributed by atoms with Crippen LogP contribution in [-0.4, -0.2) is 103 Å². The van der Waals surface area contributed by atoms with Gasteiger partial charge in [0.2, 0.25) is 10.3 Å². The van der Waals surface area contributed by atoms with Crippen molar-refractivity contribution in [3.8, 4) is 11.5 Å². The van der Waals surface area contributed by atoms with Crippen LogP contribution in [0.1, 0.15) is 67.4 Å². The molecule has 2 unspecified atom stereocenters. The van der Waals surface area contributed by atoms with Gasteiger partial charge in [0.25, 0.3) is 25.9 Å². The largest absolute Gasteiger partial charge is 0.484 e. The molecule has 0 amide bonds. The molecule has 0 saturated carbocycles. The topological polar surface area (TPSA) is 295 Å². The van der Waals surface area contributed by atoms with E-state index in [1.807, 2.05) is 12.1 Å². The number of rotatable bonds is 15. The molecule has 0 spiro atoms. The third kappa shape index (κ3) is 10.9. The summed E-state index contributed by atoms with van der Waals surface area (Å²) in [5.74, 6) is 0.656. The molecule has 3 aromatic heterocycles. The van der Waals surface area contributed by atoms with E-state index in [2.05, 4.69) is 35.2 Å². The smallest absolute Gasteiger partial charge is 0.372 e. The highest BCUT2D eigenvalue weighted by molar-refractivity contribution is 7.89. The van der Waals surface area contributed by atoms with Gasteiger partial charge in [0.15, 0.2) is 24.9 Å². The predicted molar refractivity (Wildman–Crippen MR) is 241 cm³/mol. The Hall–Kier alpha value is -6.76. The summed E-state index contributed by atoms with van der Waals surface area (Å²) in [6.07, 6.45) is 4.02. The molecule has 2 fully saturated rings. The number of fused-ring (bicyclic) bond motifs is 2. The number of nitrogens with zero attached hydrogens (tertiary/aromatic N) is 7. The zero-order chi connectivity index (χ0) is 47.0. The van der Waals surface area contributed by atoms with Gasteiger partial charge in [-0.15, -0.1) is 0 Å². The number of nitrogens with two attached hydrogens (primary N) is 1. The Bertz CT molecular complexity index is 2980. The molecule has 7 aromatic rings. The summed E-state index contributed by atoms with van der Waals surface area (Å²) in [4.78, 5) is 35.5. The molecule has 4 aromatic carbocycles. The Labute approximate surface area is 384 Å². The molecular formula is C44H48N10O11S2. The third-order valence-corrected chi connectivity index (χ3v) is 14.5. The van der Waals surface area contributed by atoms with Crippen LogP contribution in [0.4, 0.5) is 0 Å². The normalized spacial score (nSPS) is 17.5. The fourth-order valence-electron chi connectivity index (χ4n) is 7.59. The second kappa shape index (κ2) is 20.8. The summed E-state index contributed by atoms with van der Waals surface area (Å²) in [5.41, 5.74) is 9.94. The van der Waals surface area contributed by atoms with Gasteiger partial charge < -0.3 is 44.7 Å². The summed E-state index contributed by atoms with van der Waals surface area (Å²) in [7, 11) is -7.87. The zero-order valence-corrected chi connectivity index (χ0v) is 37.6. The average molecular weight is 957 g/mol. The van der Waals surface area contributed by atoms with Crippen LogP contribution in [0.5, 0.6) is 11.5 Å². The Morgan fingerprint density at radius 1 is 0.716 bits per heavy atom. The quantitative estimate of drug-likeness (QED) is 0.0411. The van der Waals surface area contributed by atoms with Crippen LogP contribution in [0.3, 0.4) is 0 Å². The van der Waals surface area contributed by atoms with Crippen LogP contribution in [0, 0.1) is 0 Å². The van der Waals surface area contributed by atoms with Crippen LogP contribution in [0.25, 0.3) is 22.1 Å². The number of aromatic nitrogens is 6. The molecule has 21 nitrogen and oxygen atoms in total. The van der Waals surface area contributed by atoms with E-state index in [4.69, 9.17) is 34.8 Å². The van der Waals surface area contributed by atoms with Gasteiger partial charge in [-0.2, -0.15) is 13.6 Å². The highest BCUT2D eigenvalue weighted by Gasteiger charge is 2.40. The molecule has 0 radical (unpaired) electrons. The number of hydrogen-bond donors (Lipinski definition) is 5. The molecule has 9 rings (SSSR count). The molecular weight excluding hydrogens is 909 g/mol. The molecule has 2 atom stereocenters. The van der Waals surface area contributed by atoms with E-state index in [1.54, 1.807) is 84.9 Å². The van der Waals surface area contributed by atoms with Crippen molar-refractivity contribution in [3.63, 3.8) is 0 Å². The lowest BCUT2D eigenvalue weighted by Crippen LogP contribution is -2.50. The number of sulfonamides is 2. The molecule has 23 heteroatoms. The number of H-pyrrole nitrogens is 2. The number of carbonyl (C=O) groups is 1. The molecule has 352 valence electrons. The van der Waals surface area contributed by atoms with Gasteiger partial charge in [-0.1, -0.05) is 71.7 Å². The Balaban J connectivity index is 0.000000182. The van der Waals surface area contributed by atoms with Crippen LogP contribution in [0.15, 0.2) is 117 Å². The lowest BCUT2D eigenvalue weighted by molar-refractivity contribution is -0.146. The first-order valence-corrected chi connectivity index (χ1v) is 24.2. The van der Waals surface area contributed by atoms with E-state index < -0.39 is 44.7 Å². The number of aliphatic hydroxyl groups is 2. The number of oxime groups is 1. The minimum Gasteiger partial charge on any atom is -0.484 e. The fourth-order valence-corrected chi connectivity index (χ4v) is 10.8. The van der Waals surface area contributed by atoms with Gasteiger partial charge in [0, 0.05) is 13.1 Å². The molecule has 5 heterocycles. The first kappa shape index (κ1) is 46.8. The number of para-hydroxylation sites is 4. The summed E-state index contributed by atoms with van der Waals surface area (Å²) in [6, 6.07) is 26.5. The lowest BCUT2D eigenvalue weighted by Gasteiger charge is -2.32. The first-order valence-electron chi connectivity index (χ1n) is 21.4. The van der Waals surface area contributed by atoms with E-state index in [9.17, 15) is 21.6 Å². The number of hydrogen-bond acceptors (Lipinski definition) is 16. The number of amidine groups is 1. The van der Waals surface area contributed by atoms with Crippen LogP contribution < -0.4 is 15.2 Å². The van der Waals surface area contributed by atoms with Gasteiger partial charge in [-0.3, -0.25) is 0 Å². The van der Waals surface area contributed by atoms with Crippen LogP contribution in [-0.2, 0) is 49.5 Å². The number of carbonyl (C=O) groups excluding carboxylic acids is 1. The molecule has 0 bridgehead atoms. The molecule has 2 aliphatic heterocycles. The maximum absolute atomic E-state index is 13.4. The highest BCUT2D eigenvalue weighted by Crippen LogP contribution is 2.34. The second-order valence-electron chi connectivity index (χ2n) is 15.6. The predicted octanol–water partition coefficient (Wildman–Crippen LogP) is 4.43. The monoisotopic (exact) mass is 956 g/mol. The highest BCUT2D eigenvalue weighted by atomic mass is 32.2. The van der Waals surface area contributed by atoms with E-state index in [0.29, 0.717) is 70.8 Å². The summed E-state index contributed by atoms with van der Waals surface area (Å²) < 4.78 is 72.4. The van der Waals surface area contributed by atoms with Crippen LogP contribution in [0.2, 0.25) is 0 Å². The summed E-state index contributed by atoms with van der Waals surface area (Å²) >= 11 is 0. The molecule has 2 saturated heterocycles. The van der Waals surface area contributed by atoms with E-state index in [-0.39, 0.29) is 48.4 Å². The number of ether oxygens (including phenoxy) is 2. The van der Waals surface area contributed by atoms with Crippen molar-refractivity contribution in [1.29, 1.82) is 0 Å². The van der Waals surface area contributed by atoms with Crippen molar-refractivity contribution in [2.45, 2.75) is 80.7 Å².